The minimum Gasteiger partial charge on any atom is -0.433 e. The molecule has 0 radical (unpaired) electrons. The van der Waals surface area contributed by atoms with Gasteiger partial charge in [-0.15, -0.1) is 5.10 Å². The zero-order valence-electron chi connectivity index (χ0n) is 17.1. The Kier molecular flexibility index (Phi) is 5.39. The number of hydrogen-bond acceptors (Lipinski definition) is 7. The van der Waals surface area contributed by atoms with E-state index in [1.165, 1.54) is 12.1 Å². The molecule has 32 heavy (non-hydrogen) atoms. The van der Waals surface area contributed by atoms with Crippen LogP contribution in [0.2, 0.25) is 0 Å². The average Bonchev–Trinajstić information content (AvgIpc) is 3.35. The van der Waals surface area contributed by atoms with Gasteiger partial charge in [0.1, 0.15) is 11.6 Å². The highest BCUT2D eigenvalue weighted by atomic mass is 19.3. The molecular weight excluding hydrogens is 422 g/mol. The maximum Gasteiger partial charge on any atom is 0.394 e. The first-order valence-electron chi connectivity index (χ1n) is 9.49. The lowest BCUT2D eigenvalue weighted by Crippen LogP contribution is -2.18. The van der Waals surface area contributed by atoms with Crippen LogP contribution in [0.3, 0.4) is 0 Å². The van der Waals surface area contributed by atoms with Gasteiger partial charge in [0.15, 0.2) is 0 Å². The minimum absolute atomic E-state index is 0.0152. The summed E-state index contributed by atoms with van der Waals surface area (Å²) in [6, 6.07) is 12.8. The second-order valence-corrected chi connectivity index (χ2v) is 7.06. The SMILES string of the molecule is Cc1nc(-c2nc(-c3ccc(OC(C)(F)F)cc3)no2)nn1Cc1cccc(C(N)=O)c1. The molecule has 4 rings (SSSR count). The van der Waals surface area contributed by atoms with Crippen LogP contribution in [0.5, 0.6) is 5.75 Å². The van der Waals surface area contributed by atoms with Crippen LogP contribution in [0.4, 0.5) is 8.78 Å². The molecular formula is C21H18F2N6O3. The van der Waals surface area contributed by atoms with Crippen LogP contribution in [0.1, 0.15) is 28.7 Å². The third-order valence-corrected chi connectivity index (χ3v) is 4.43. The smallest absolute Gasteiger partial charge is 0.394 e. The van der Waals surface area contributed by atoms with Crippen LogP contribution in [0.15, 0.2) is 53.1 Å². The molecule has 0 aliphatic rings. The van der Waals surface area contributed by atoms with Crippen molar-refractivity contribution in [2.75, 3.05) is 0 Å². The first kappa shape index (κ1) is 21.1. The van der Waals surface area contributed by atoms with Crippen LogP contribution in [0, 0.1) is 6.92 Å². The molecule has 0 saturated carbocycles. The van der Waals surface area contributed by atoms with Crippen molar-refractivity contribution < 1.29 is 22.8 Å². The van der Waals surface area contributed by atoms with Gasteiger partial charge in [-0.2, -0.15) is 13.8 Å². The molecule has 11 heteroatoms. The van der Waals surface area contributed by atoms with Gasteiger partial charge in [-0.05, 0) is 48.9 Å². The Labute approximate surface area is 180 Å². The summed E-state index contributed by atoms with van der Waals surface area (Å²) in [6.07, 6.45) is -3.27. The number of carbonyl (C=O) groups is 1. The first-order valence-corrected chi connectivity index (χ1v) is 9.49. The highest BCUT2D eigenvalue weighted by Crippen LogP contribution is 2.25. The zero-order valence-corrected chi connectivity index (χ0v) is 17.1. The van der Waals surface area contributed by atoms with Gasteiger partial charge < -0.3 is 15.0 Å². The fourth-order valence-corrected chi connectivity index (χ4v) is 2.97. The summed E-state index contributed by atoms with van der Waals surface area (Å²) in [6.45, 7) is 2.80. The predicted molar refractivity (Wildman–Crippen MR) is 109 cm³/mol. The summed E-state index contributed by atoms with van der Waals surface area (Å²) in [7, 11) is 0. The molecule has 2 heterocycles. The Morgan fingerprint density at radius 1 is 1.16 bits per heavy atom. The molecule has 2 N–H and O–H groups in total. The lowest BCUT2D eigenvalue weighted by Gasteiger charge is -2.12. The molecule has 0 spiro atoms. The number of alkyl halides is 2. The largest absolute Gasteiger partial charge is 0.433 e. The van der Waals surface area contributed by atoms with Crippen LogP contribution >= 0.6 is 0 Å². The molecule has 0 fully saturated rings. The number of nitrogens with two attached hydrogens (primary N) is 1. The monoisotopic (exact) mass is 440 g/mol. The highest BCUT2D eigenvalue weighted by Gasteiger charge is 2.23. The lowest BCUT2D eigenvalue weighted by atomic mass is 10.1. The van der Waals surface area contributed by atoms with E-state index in [1.54, 1.807) is 41.9 Å². The van der Waals surface area contributed by atoms with E-state index in [0.717, 1.165) is 5.56 Å². The molecule has 0 saturated heterocycles. The Hall–Kier alpha value is -4.15. The lowest BCUT2D eigenvalue weighted by molar-refractivity contribution is -0.158. The van der Waals surface area contributed by atoms with E-state index in [2.05, 4.69) is 25.0 Å². The number of halogens is 2. The Balaban J connectivity index is 1.52. The summed E-state index contributed by atoms with van der Waals surface area (Å²) in [5.41, 5.74) is 7.11. The number of ether oxygens (including phenoxy) is 1. The molecule has 164 valence electrons. The van der Waals surface area contributed by atoms with Gasteiger partial charge >= 0.3 is 6.11 Å². The van der Waals surface area contributed by atoms with Crippen LogP contribution in [-0.4, -0.2) is 36.9 Å². The molecule has 1 amide bonds. The van der Waals surface area contributed by atoms with Crippen LogP contribution < -0.4 is 10.5 Å². The Morgan fingerprint density at radius 3 is 2.59 bits per heavy atom. The fourth-order valence-electron chi connectivity index (χ4n) is 2.97. The summed E-state index contributed by atoms with van der Waals surface area (Å²) in [4.78, 5) is 20.0. The number of nitrogens with zero attached hydrogens (tertiary/aromatic N) is 5. The topological polar surface area (TPSA) is 122 Å². The zero-order chi connectivity index (χ0) is 22.9. The second kappa shape index (κ2) is 8.17. The van der Waals surface area contributed by atoms with Gasteiger partial charge in [-0.1, -0.05) is 17.3 Å². The van der Waals surface area contributed by atoms with E-state index in [1.807, 2.05) is 6.07 Å². The summed E-state index contributed by atoms with van der Waals surface area (Å²) in [5.74, 6) is 0.695. The van der Waals surface area contributed by atoms with Crippen molar-refractivity contribution in [1.29, 1.82) is 0 Å². The van der Waals surface area contributed by atoms with Crippen molar-refractivity contribution >= 4 is 5.91 Å². The number of rotatable bonds is 7. The van der Waals surface area contributed by atoms with Crippen LogP contribution in [-0.2, 0) is 6.54 Å². The van der Waals surface area contributed by atoms with Gasteiger partial charge in [-0.3, -0.25) is 4.79 Å². The number of carbonyl (C=O) groups excluding carboxylic acids is 1. The van der Waals surface area contributed by atoms with Crippen molar-refractivity contribution in [3.8, 4) is 28.9 Å². The maximum absolute atomic E-state index is 13.0. The number of benzene rings is 2. The van der Waals surface area contributed by atoms with Gasteiger partial charge in [0.2, 0.25) is 17.6 Å². The van der Waals surface area contributed by atoms with E-state index in [4.69, 9.17) is 10.3 Å². The van der Waals surface area contributed by atoms with Gasteiger partial charge in [0.05, 0.1) is 6.54 Å². The van der Waals surface area contributed by atoms with E-state index in [-0.39, 0.29) is 23.3 Å². The van der Waals surface area contributed by atoms with Crippen LogP contribution in [0.25, 0.3) is 23.1 Å². The highest BCUT2D eigenvalue weighted by molar-refractivity contribution is 5.92. The van der Waals surface area contributed by atoms with Crippen molar-refractivity contribution in [2.45, 2.75) is 26.5 Å². The Morgan fingerprint density at radius 2 is 1.91 bits per heavy atom. The second-order valence-electron chi connectivity index (χ2n) is 7.06. The number of primary amides is 1. The third kappa shape index (κ3) is 4.77. The molecule has 0 aliphatic heterocycles. The molecule has 0 unspecified atom stereocenters. The van der Waals surface area contributed by atoms with Crippen molar-refractivity contribution in [2.24, 2.45) is 5.73 Å². The number of aromatic nitrogens is 5. The van der Waals surface area contributed by atoms with Crippen molar-refractivity contribution in [3.05, 3.63) is 65.5 Å². The van der Waals surface area contributed by atoms with Gasteiger partial charge in [-0.25, -0.2) is 9.67 Å². The van der Waals surface area contributed by atoms with Gasteiger partial charge in [0.25, 0.3) is 5.89 Å². The summed E-state index contributed by atoms with van der Waals surface area (Å²) in [5, 5.41) is 8.31. The minimum atomic E-state index is -3.27. The normalized spacial score (nSPS) is 11.5. The number of hydrogen-bond donors (Lipinski definition) is 1. The van der Waals surface area contributed by atoms with E-state index < -0.39 is 12.0 Å². The van der Waals surface area contributed by atoms with Gasteiger partial charge in [0, 0.05) is 18.1 Å². The molecule has 4 aromatic rings. The molecule has 0 atom stereocenters. The maximum atomic E-state index is 13.0. The molecule has 9 nitrogen and oxygen atoms in total. The quantitative estimate of drug-likeness (QED) is 0.467. The van der Waals surface area contributed by atoms with Crippen molar-refractivity contribution in [1.82, 2.24) is 24.9 Å². The summed E-state index contributed by atoms with van der Waals surface area (Å²) >= 11 is 0. The molecule has 2 aromatic heterocycles. The van der Waals surface area contributed by atoms with E-state index >= 15 is 0 Å². The molecule has 0 bridgehead atoms. The molecule has 2 aromatic carbocycles. The molecule has 0 aliphatic carbocycles. The van der Waals surface area contributed by atoms with Crippen molar-refractivity contribution in [3.63, 3.8) is 0 Å². The Bertz CT molecular complexity index is 1260. The van der Waals surface area contributed by atoms with E-state index in [9.17, 15) is 13.6 Å². The standard InChI is InChI=1S/C21H18F2N6O3/c1-12-25-19(27-29(12)11-13-4-3-5-15(10-13)17(24)30)20-26-18(28-32-20)14-6-8-16(9-7-14)31-21(2,22)23/h3-10H,11H2,1-2H3,(H2,24,30). The first-order chi connectivity index (χ1) is 15.2. The predicted octanol–water partition coefficient (Wildman–Crippen LogP) is 3.44. The third-order valence-electron chi connectivity index (χ3n) is 4.43. The fraction of sp³-hybridized carbons (Fsp3) is 0.190. The van der Waals surface area contributed by atoms with E-state index in [0.29, 0.717) is 30.4 Å². The summed E-state index contributed by atoms with van der Waals surface area (Å²) < 4.78 is 37.3. The average molecular weight is 440 g/mol. The number of aryl methyl sites for hydroxylation is 1. The number of amides is 1.